The van der Waals surface area contributed by atoms with E-state index in [0.29, 0.717) is 12.8 Å². The number of carbonyl (C=O) groups is 1. The number of benzene rings is 2. The molecule has 4 nitrogen and oxygen atoms in total. The monoisotopic (exact) mass is 346 g/mol. The molecule has 1 N–H and O–H groups in total. The van der Waals surface area contributed by atoms with Crippen LogP contribution in [0.15, 0.2) is 79.1 Å². The van der Waals surface area contributed by atoms with E-state index in [0.717, 1.165) is 22.4 Å². The van der Waals surface area contributed by atoms with E-state index in [1.54, 1.807) is 19.5 Å². The van der Waals surface area contributed by atoms with Gasteiger partial charge < -0.3 is 10.1 Å². The van der Waals surface area contributed by atoms with Crippen molar-refractivity contribution in [2.24, 2.45) is 0 Å². The first kappa shape index (κ1) is 17.7. The summed E-state index contributed by atoms with van der Waals surface area (Å²) < 4.78 is 5.23. The van der Waals surface area contributed by atoms with Gasteiger partial charge in [-0.25, -0.2) is 0 Å². The number of nitrogens with zero attached hydrogens (tertiary/aromatic N) is 1. The molecule has 26 heavy (non-hydrogen) atoms. The van der Waals surface area contributed by atoms with Gasteiger partial charge in [-0.2, -0.15) is 0 Å². The topological polar surface area (TPSA) is 51.2 Å². The highest BCUT2D eigenvalue weighted by atomic mass is 16.5. The van der Waals surface area contributed by atoms with Crippen LogP contribution in [-0.4, -0.2) is 18.0 Å². The van der Waals surface area contributed by atoms with Gasteiger partial charge in [-0.3, -0.25) is 9.78 Å². The molecule has 4 heteroatoms. The molecule has 3 aromatic rings. The molecule has 0 fully saturated rings. The fourth-order valence-electron chi connectivity index (χ4n) is 2.84. The Morgan fingerprint density at radius 2 is 1.62 bits per heavy atom. The number of nitrogens with one attached hydrogen (secondary N) is 1. The van der Waals surface area contributed by atoms with Gasteiger partial charge in [-0.05, 0) is 47.4 Å². The van der Waals surface area contributed by atoms with Crippen LogP contribution in [0, 0.1) is 0 Å². The first-order chi connectivity index (χ1) is 12.8. The molecular weight excluding hydrogens is 324 g/mol. The van der Waals surface area contributed by atoms with E-state index in [-0.39, 0.29) is 11.9 Å². The molecule has 2 aromatic carbocycles. The third-order valence-electron chi connectivity index (χ3n) is 4.28. The number of hydrogen-bond acceptors (Lipinski definition) is 3. The number of aryl methyl sites for hydroxylation is 1. The number of hydrogen-bond donors (Lipinski definition) is 1. The quantitative estimate of drug-likeness (QED) is 0.705. The SMILES string of the molecule is COc1ccc([C@@H](NC(=O)CCc2ccncc2)c2ccccc2)cc1. The van der Waals surface area contributed by atoms with Crippen LogP contribution >= 0.6 is 0 Å². The van der Waals surface area contributed by atoms with E-state index in [2.05, 4.69) is 10.3 Å². The molecule has 0 aliphatic rings. The van der Waals surface area contributed by atoms with Crippen molar-refractivity contribution in [3.8, 4) is 5.75 Å². The predicted octanol–water partition coefficient (Wildman–Crippen LogP) is 3.93. The molecule has 0 aliphatic heterocycles. The predicted molar refractivity (Wildman–Crippen MR) is 102 cm³/mol. The van der Waals surface area contributed by atoms with Gasteiger partial charge in [0.1, 0.15) is 5.75 Å². The fraction of sp³-hybridized carbons (Fsp3) is 0.182. The maximum Gasteiger partial charge on any atom is 0.221 e. The van der Waals surface area contributed by atoms with Crippen molar-refractivity contribution in [3.63, 3.8) is 0 Å². The summed E-state index contributed by atoms with van der Waals surface area (Å²) in [4.78, 5) is 16.5. The van der Waals surface area contributed by atoms with Gasteiger partial charge in [-0.15, -0.1) is 0 Å². The second kappa shape index (κ2) is 8.81. The summed E-state index contributed by atoms with van der Waals surface area (Å²) in [7, 11) is 1.64. The molecule has 0 spiro atoms. The van der Waals surface area contributed by atoms with Crippen LogP contribution in [0.25, 0.3) is 0 Å². The van der Waals surface area contributed by atoms with Gasteiger partial charge in [0.05, 0.1) is 13.2 Å². The second-order valence-corrected chi connectivity index (χ2v) is 6.04. The number of methoxy groups -OCH3 is 1. The van der Waals surface area contributed by atoms with Crippen molar-refractivity contribution in [3.05, 3.63) is 95.8 Å². The molecule has 1 amide bonds. The summed E-state index contributed by atoms with van der Waals surface area (Å²) in [5, 5.41) is 3.16. The van der Waals surface area contributed by atoms with Crippen LogP contribution in [0.5, 0.6) is 5.75 Å². The zero-order valence-electron chi connectivity index (χ0n) is 14.8. The first-order valence-electron chi connectivity index (χ1n) is 8.63. The second-order valence-electron chi connectivity index (χ2n) is 6.04. The summed E-state index contributed by atoms with van der Waals surface area (Å²) in [5.41, 5.74) is 3.18. The van der Waals surface area contributed by atoms with E-state index < -0.39 is 0 Å². The lowest BCUT2D eigenvalue weighted by Crippen LogP contribution is -2.29. The molecule has 0 radical (unpaired) electrons. The van der Waals surface area contributed by atoms with Gasteiger partial charge in [0.2, 0.25) is 5.91 Å². The lowest BCUT2D eigenvalue weighted by molar-refractivity contribution is -0.121. The summed E-state index contributed by atoms with van der Waals surface area (Å²) in [6, 6.07) is 21.5. The minimum absolute atomic E-state index is 0.0199. The van der Waals surface area contributed by atoms with Crippen LogP contribution < -0.4 is 10.1 Å². The van der Waals surface area contributed by atoms with Crippen molar-refractivity contribution in [2.75, 3.05) is 7.11 Å². The number of rotatable bonds is 7. The Morgan fingerprint density at radius 1 is 0.962 bits per heavy atom. The summed E-state index contributed by atoms with van der Waals surface area (Å²) >= 11 is 0. The van der Waals surface area contributed by atoms with E-state index in [1.165, 1.54) is 0 Å². The van der Waals surface area contributed by atoms with Crippen LogP contribution in [0.4, 0.5) is 0 Å². The van der Waals surface area contributed by atoms with E-state index in [9.17, 15) is 4.79 Å². The summed E-state index contributed by atoms with van der Waals surface area (Å²) in [6.45, 7) is 0. The Labute approximate surface area is 153 Å². The van der Waals surface area contributed by atoms with Crippen molar-refractivity contribution < 1.29 is 9.53 Å². The number of amides is 1. The highest BCUT2D eigenvalue weighted by molar-refractivity contribution is 5.77. The maximum absolute atomic E-state index is 12.5. The minimum Gasteiger partial charge on any atom is -0.497 e. The molecule has 0 saturated heterocycles. The van der Waals surface area contributed by atoms with Gasteiger partial charge in [0.25, 0.3) is 0 Å². The van der Waals surface area contributed by atoms with Crippen LogP contribution in [0.2, 0.25) is 0 Å². The van der Waals surface area contributed by atoms with Gasteiger partial charge in [0, 0.05) is 18.8 Å². The van der Waals surface area contributed by atoms with Gasteiger partial charge in [-0.1, -0.05) is 42.5 Å². The summed E-state index contributed by atoms with van der Waals surface area (Å²) in [5.74, 6) is 0.816. The van der Waals surface area contributed by atoms with Crippen molar-refractivity contribution in [1.29, 1.82) is 0 Å². The number of carbonyl (C=O) groups excluding carboxylic acids is 1. The molecule has 0 bridgehead atoms. The zero-order chi connectivity index (χ0) is 18.2. The molecule has 0 unspecified atom stereocenters. The molecule has 1 heterocycles. The third kappa shape index (κ3) is 4.70. The average molecular weight is 346 g/mol. The third-order valence-corrected chi connectivity index (χ3v) is 4.28. The van der Waals surface area contributed by atoms with Crippen LogP contribution in [0.3, 0.4) is 0 Å². The van der Waals surface area contributed by atoms with E-state index in [4.69, 9.17) is 4.74 Å². The van der Waals surface area contributed by atoms with Gasteiger partial charge in [0.15, 0.2) is 0 Å². The highest BCUT2D eigenvalue weighted by Crippen LogP contribution is 2.24. The average Bonchev–Trinajstić information content (AvgIpc) is 2.72. The Balaban J connectivity index is 1.74. The number of pyridine rings is 1. The molecule has 0 aliphatic carbocycles. The van der Waals surface area contributed by atoms with Crippen molar-refractivity contribution >= 4 is 5.91 Å². The lowest BCUT2D eigenvalue weighted by Gasteiger charge is -2.20. The molecule has 3 rings (SSSR count). The minimum atomic E-state index is -0.188. The Bertz CT molecular complexity index is 818. The van der Waals surface area contributed by atoms with Crippen molar-refractivity contribution in [2.45, 2.75) is 18.9 Å². The first-order valence-corrected chi connectivity index (χ1v) is 8.63. The smallest absolute Gasteiger partial charge is 0.221 e. The molecular formula is C22H22N2O2. The standard InChI is InChI=1S/C22H22N2O2/c1-26-20-10-8-19(9-11-20)22(18-5-3-2-4-6-18)24-21(25)12-7-17-13-15-23-16-14-17/h2-6,8-11,13-16,22H,7,12H2,1H3,(H,24,25)/t22-/m0/s1. The molecule has 0 saturated carbocycles. The molecule has 132 valence electrons. The largest absolute Gasteiger partial charge is 0.497 e. The zero-order valence-corrected chi connectivity index (χ0v) is 14.8. The fourth-order valence-corrected chi connectivity index (χ4v) is 2.84. The summed E-state index contributed by atoms with van der Waals surface area (Å²) in [6.07, 6.45) is 4.62. The Morgan fingerprint density at radius 3 is 2.27 bits per heavy atom. The Hall–Kier alpha value is -3.14. The lowest BCUT2D eigenvalue weighted by atomic mass is 9.98. The number of ether oxygens (including phenoxy) is 1. The number of aromatic nitrogens is 1. The van der Waals surface area contributed by atoms with Crippen LogP contribution in [0.1, 0.15) is 29.2 Å². The van der Waals surface area contributed by atoms with Crippen LogP contribution in [-0.2, 0) is 11.2 Å². The maximum atomic E-state index is 12.5. The van der Waals surface area contributed by atoms with E-state index >= 15 is 0 Å². The van der Waals surface area contributed by atoms with Crippen molar-refractivity contribution in [1.82, 2.24) is 10.3 Å². The Kier molecular flexibility index (Phi) is 5.99. The molecule has 1 aromatic heterocycles. The highest BCUT2D eigenvalue weighted by Gasteiger charge is 2.16. The normalized spacial score (nSPS) is 11.6. The molecule has 1 atom stereocenters. The van der Waals surface area contributed by atoms with E-state index in [1.807, 2.05) is 66.7 Å². The van der Waals surface area contributed by atoms with Gasteiger partial charge >= 0.3 is 0 Å².